The molecule has 0 spiro atoms. The molecule has 0 heterocycles. The van der Waals surface area contributed by atoms with Crippen molar-refractivity contribution in [3.05, 3.63) is 42.0 Å². The topological polar surface area (TPSA) is 91.4 Å². The highest BCUT2D eigenvalue weighted by molar-refractivity contribution is 7.90. The first-order valence-electron chi connectivity index (χ1n) is 11.0. The molecule has 2 aromatic carbocycles. The molecule has 0 aliphatic carbocycles. The highest BCUT2D eigenvalue weighted by Gasteiger charge is 2.20. The molecule has 0 N–H and O–H groups in total. The van der Waals surface area contributed by atoms with Crippen molar-refractivity contribution in [2.24, 2.45) is 0 Å². The van der Waals surface area contributed by atoms with Crippen molar-refractivity contribution in [3.8, 4) is 23.0 Å². The van der Waals surface area contributed by atoms with E-state index in [2.05, 4.69) is 0 Å². The fraction of sp³-hybridized carbons (Fsp3) is 0.458. The van der Waals surface area contributed by atoms with E-state index in [4.69, 9.17) is 18.9 Å². The molecule has 0 bridgehead atoms. The molecule has 182 valence electrons. The molecule has 0 aliphatic rings. The first-order valence-corrected chi connectivity index (χ1v) is 12.8. The molecule has 0 atom stereocenters. The zero-order chi connectivity index (χ0) is 24.4. The molecule has 0 fully saturated rings. The summed E-state index contributed by atoms with van der Waals surface area (Å²) in [6, 6.07) is 9.70. The lowest BCUT2D eigenvalue weighted by molar-refractivity contribution is 0.0786. The summed E-state index contributed by atoms with van der Waals surface area (Å²) in [4.78, 5) is 14.8. The molecule has 8 nitrogen and oxygen atoms in total. The average Bonchev–Trinajstić information content (AvgIpc) is 2.78. The van der Waals surface area contributed by atoms with Gasteiger partial charge in [0.05, 0.1) is 31.3 Å². The highest BCUT2D eigenvalue weighted by Crippen LogP contribution is 2.39. The van der Waals surface area contributed by atoms with Gasteiger partial charge in [0.2, 0.25) is 5.75 Å². The Hall–Kier alpha value is -2.94. The summed E-state index contributed by atoms with van der Waals surface area (Å²) in [6.45, 7) is 7.69. The first kappa shape index (κ1) is 26.3. The van der Waals surface area contributed by atoms with Crippen LogP contribution in [-0.4, -0.2) is 65.5 Å². The van der Waals surface area contributed by atoms with Gasteiger partial charge in [0.15, 0.2) is 21.3 Å². The Morgan fingerprint density at radius 1 is 0.909 bits per heavy atom. The molecule has 1 amide bonds. The summed E-state index contributed by atoms with van der Waals surface area (Å²) >= 11 is 0. The fourth-order valence-corrected chi connectivity index (χ4v) is 3.78. The van der Waals surface area contributed by atoms with E-state index >= 15 is 0 Å². The van der Waals surface area contributed by atoms with Crippen LogP contribution < -0.4 is 18.9 Å². The molecule has 0 saturated carbocycles. The van der Waals surface area contributed by atoms with Crippen LogP contribution in [-0.2, 0) is 9.84 Å². The minimum atomic E-state index is -3.30. The maximum Gasteiger partial charge on any atom is 0.253 e. The third kappa shape index (κ3) is 7.56. The number of ether oxygens (including phenoxy) is 4. The van der Waals surface area contributed by atoms with E-state index in [9.17, 15) is 13.2 Å². The molecule has 0 aliphatic heterocycles. The molecular formula is C24H33NO7S. The lowest BCUT2D eigenvalue weighted by Gasteiger charge is -2.20. The van der Waals surface area contributed by atoms with Gasteiger partial charge in [-0.3, -0.25) is 4.79 Å². The highest BCUT2D eigenvalue weighted by atomic mass is 32.2. The van der Waals surface area contributed by atoms with E-state index in [0.717, 1.165) is 6.26 Å². The van der Waals surface area contributed by atoms with E-state index in [0.29, 0.717) is 68.0 Å². The van der Waals surface area contributed by atoms with Crippen molar-refractivity contribution in [2.45, 2.75) is 32.1 Å². The molecule has 9 heteroatoms. The van der Waals surface area contributed by atoms with Crippen LogP contribution in [0.4, 0.5) is 0 Å². The van der Waals surface area contributed by atoms with Crippen LogP contribution in [0.2, 0.25) is 0 Å². The number of hydrogen-bond donors (Lipinski definition) is 0. The number of carbonyl (C=O) groups is 1. The van der Waals surface area contributed by atoms with Crippen molar-refractivity contribution < 1.29 is 32.2 Å². The molecule has 2 aromatic rings. The number of carbonyl (C=O) groups excluding carboxylic acids is 1. The predicted octanol–water partition coefficient (Wildman–Crippen LogP) is 3.83. The van der Waals surface area contributed by atoms with E-state index in [1.165, 1.54) is 12.1 Å². The Morgan fingerprint density at radius 2 is 1.52 bits per heavy atom. The Morgan fingerprint density at radius 3 is 2.06 bits per heavy atom. The second-order valence-corrected chi connectivity index (χ2v) is 9.29. The molecule has 0 radical (unpaired) electrons. The monoisotopic (exact) mass is 479 g/mol. The van der Waals surface area contributed by atoms with Gasteiger partial charge in [-0.15, -0.1) is 0 Å². The van der Waals surface area contributed by atoms with Gasteiger partial charge < -0.3 is 23.8 Å². The number of hydrogen-bond acceptors (Lipinski definition) is 7. The fourth-order valence-electron chi connectivity index (χ4n) is 3.12. The van der Waals surface area contributed by atoms with Gasteiger partial charge >= 0.3 is 0 Å². The Kier molecular flexibility index (Phi) is 9.84. The van der Waals surface area contributed by atoms with Crippen molar-refractivity contribution >= 4 is 15.7 Å². The SMILES string of the molecule is CCOc1cc(C(=O)N(C)CCCOc2cccc(S(C)(=O)=O)c2)cc(OCC)c1OCC. The Labute approximate surface area is 196 Å². The summed E-state index contributed by atoms with van der Waals surface area (Å²) < 4.78 is 46.1. The Balaban J connectivity index is 2.04. The van der Waals surface area contributed by atoms with Crippen molar-refractivity contribution in [1.29, 1.82) is 0 Å². The minimum absolute atomic E-state index is 0.181. The van der Waals surface area contributed by atoms with Gasteiger partial charge in [-0.05, 0) is 57.5 Å². The standard InChI is InChI=1S/C24H33NO7S/c1-6-29-21-15-18(16-22(30-7-2)23(21)31-8-3)24(26)25(4)13-10-14-32-19-11-9-12-20(17-19)33(5,27)28/h9,11-12,15-17H,6-8,10,13-14H2,1-5H3. The molecule has 0 saturated heterocycles. The van der Waals surface area contributed by atoms with E-state index in [-0.39, 0.29) is 10.8 Å². The lowest BCUT2D eigenvalue weighted by Crippen LogP contribution is -2.28. The van der Waals surface area contributed by atoms with Crippen molar-refractivity contribution in [3.63, 3.8) is 0 Å². The third-order valence-electron chi connectivity index (χ3n) is 4.64. The van der Waals surface area contributed by atoms with Gasteiger partial charge in [-0.25, -0.2) is 8.42 Å². The number of sulfone groups is 1. The Bertz CT molecular complexity index is 1010. The summed E-state index contributed by atoms with van der Waals surface area (Å²) in [5, 5.41) is 0. The van der Waals surface area contributed by atoms with E-state index in [1.807, 2.05) is 20.8 Å². The maximum atomic E-state index is 13.0. The minimum Gasteiger partial charge on any atom is -0.493 e. The zero-order valence-electron chi connectivity index (χ0n) is 19.9. The number of rotatable bonds is 13. The van der Waals surface area contributed by atoms with Crippen LogP contribution in [0.3, 0.4) is 0 Å². The van der Waals surface area contributed by atoms with Gasteiger partial charge in [0.25, 0.3) is 5.91 Å². The van der Waals surface area contributed by atoms with Crippen LogP contribution in [0, 0.1) is 0 Å². The summed E-state index contributed by atoms with van der Waals surface area (Å²) in [6.07, 6.45) is 1.72. The van der Waals surface area contributed by atoms with Crippen LogP contribution in [0.25, 0.3) is 0 Å². The molecular weight excluding hydrogens is 446 g/mol. The second-order valence-electron chi connectivity index (χ2n) is 7.28. The predicted molar refractivity (Wildman–Crippen MR) is 127 cm³/mol. The molecule has 0 unspecified atom stereocenters. The van der Waals surface area contributed by atoms with E-state index < -0.39 is 9.84 Å². The maximum absolute atomic E-state index is 13.0. The largest absolute Gasteiger partial charge is 0.493 e. The van der Waals surface area contributed by atoms with Gasteiger partial charge in [-0.1, -0.05) is 6.07 Å². The average molecular weight is 480 g/mol. The normalized spacial score (nSPS) is 11.1. The lowest BCUT2D eigenvalue weighted by atomic mass is 10.1. The molecule has 0 aromatic heterocycles. The number of nitrogens with zero attached hydrogens (tertiary/aromatic N) is 1. The summed E-state index contributed by atoms with van der Waals surface area (Å²) in [5.74, 6) is 1.72. The molecule has 2 rings (SSSR count). The van der Waals surface area contributed by atoms with Gasteiger partial charge in [-0.2, -0.15) is 0 Å². The number of amides is 1. The van der Waals surface area contributed by atoms with Crippen molar-refractivity contribution in [1.82, 2.24) is 4.90 Å². The first-order chi connectivity index (χ1) is 15.7. The second kappa shape index (κ2) is 12.3. The summed E-state index contributed by atoms with van der Waals surface area (Å²) in [7, 11) is -1.58. The summed E-state index contributed by atoms with van der Waals surface area (Å²) in [5.41, 5.74) is 0.439. The van der Waals surface area contributed by atoms with Gasteiger partial charge in [0.1, 0.15) is 5.75 Å². The zero-order valence-corrected chi connectivity index (χ0v) is 20.7. The van der Waals surface area contributed by atoms with Crippen LogP contribution in [0.15, 0.2) is 41.3 Å². The smallest absolute Gasteiger partial charge is 0.253 e. The van der Waals surface area contributed by atoms with Crippen LogP contribution in [0.5, 0.6) is 23.0 Å². The van der Waals surface area contributed by atoms with E-state index in [1.54, 1.807) is 36.2 Å². The van der Waals surface area contributed by atoms with Crippen LogP contribution >= 0.6 is 0 Å². The van der Waals surface area contributed by atoms with Crippen molar-refractivity contribution in [2.75, 3.05) is 46.3 Å². The third-order valence-corrected chi connectivity index (χ3v) is 5.75. The quantitative estimate of drug-likeness (QED) is 0.403. The molecule has 33 heavy (non-hydrogen) atoms. The number of benzene rings is 2. The van der Waals surface area contributed by atoms with Gasteiger partial charge in [0, 0.05) is 25.4 Å². The van der Waals surface area contributed by atoms with Crippen LogP contribution in [0.1, 0.15) is 37.6 Å².